The standard InChI is InChI=1S/C19H22N6O3/c1-13-6-3-4-7-15(13)11-16-20-12-17(21-16)22-19(26)8-5-9-24-14(2)10-18(23-24)25(27)28/h3-4,6-7,10,12,16H,5,8-9,11H2,1-2H3,(H,21,22,26). The van der Waals surface area contributed by atoms with Gasteiger partial charge in [0.25, 0.3) is 0 Å². The fourth-order valence-corrected chi connectivity index (χ4v) is 2.99. The molecule has 0 saturated carbocycles. The van der Waals surface area contributed by atoms with Crippen molar-refractivity contribution in [2.24, 2.45) is 9.98 Å². The fraction of sp³-hybridized carbons (Fsp3) is 0.368. The lowest BCUT2D eigenvalue weighted by Crippen LogP contribution is -2.30. The SMILES string of the molecule is Cc1ccccc1CC1N=CC(NC(=O)CCCn2nc([N+](=O)[O-])cc2C)=N1. The van der Waals surface area contributed by atoms with E-state index < -0.39 is 4.92 Å². The summed E-state index contributed by atoms with van der Waals surface area (Å²) < 4.78 is 1.54. The topological polar surface area (TPSA) is 115 Å². The van der Waals surface area contributed by atoms with Crippen LogP contribution in [0.3, 0.4) is 0 Å². The fourth-order valence-electron chi connectivity index (χ4n) is 2.99. The lowest BCUT2D eigenvalue weighted by Gasteiger charge is -2.07. The Morgan fingerprint density at radius 3 is 2.82 bits per heavy atom. The van der Waals surface area contributed by atoms with Gasteiger partial charge in [0.15, 0.2) is 0 Å². The molecule has 9 heteroatoms. The first-order chi connectivity index (χ1) is 13.4. The van der Waals surface area contributed by atoms with Crippen LogP contribution >= 0.6 is 0 Å². The van der Waals surface area contributed by atoms with Crippen LogP contribution in [-0.2, 0) is 17.8 Å². The average molecular weight is 382 g/mol. The first-order valence-corrected chi connectivity index (χ1v) is 9.06. The number of aryl methyl sites for hydroxylation is 3. The van der Waals surface area contributed by atoms with E-state index in [4.69, 9.17) is 0 Å². The molecular weight excluding hydrogens is 360 g/mol. The quantitative estimate of drug-likeness (QED) is 0.584. The molecule has 2 heterocycles. The van der Waals surface area contributed by atoms with Gasteiger partial charge in [0, 0.05) is 12.8 Å². The molecule has 2 aromatic rings. The third-order valence-corrected chi connectivity index (χ3v) is 4.52. The Hall–Kier alpha value is -3.36. The molecular formula is C19H22N6O3. The molecule has 0 saturated heterocycles. The molecule has 28 heavy (non-hydrogen) atoms. The normalized spacial score (nSPS) is 15.5. The molecule has 9 nitrogen and oxygen atoms in total. The largest absolute Gasteiger partial charge is 0.390 e. The van der Waals surface area contributed by atoms with Gasteiger partial charge in [-0.1, -0.05) is 24.3 Å². The van der Waals surface area contributed by atoms with Gasteiger partial charge in [-0.3, -0.25) is 9.79 Å². The first kappa shape index (κ1) is 19.4. The molecule has 0 aliphatic carbocycles. The van der Waals surface area contributed by atoms with Crippen LogP contribution < -0.4 is 5.32 Å². The number of amides is 1. The zero-order valence-electron chi connectivity index (χ0n) is 15.8. The Morgan fingerprint density at radius 1 is 1.32 bits per heavy atom. The predicted molar refractivity (Wildman–Crippen MR) is 106 cm³/mol. The van der Waals surface area contributed by atoms with Gasteiger partial charge in [-0.2, -0.15) is 4.68 Å². The van der Waals surface area contributed by atoms with E-state index in [9.17, 15) is 14.9 Å². The van der Waals surface area contributed by atoms with Gasteiger partial charge in [-0.25, -0.2) is 4.99 Å². The maximum atomic E-state index is 12.1. The minimum atomic E-state index is -0.527. The molecule has 1 unspecified atom stereocenters. The van der Waals surface area contributed by atoms with Crippen LogP contribution in [0, 0.1) is 24.0 Å². The third-order valence-electron chi connectivity index (χ3n) is 4.52. The van der Waals surface area contributed by atoms with Gasteiger partial charge in [-0.05, 0) is 36.3 Å². The van der Waals surface area contributed by atoms with Crippen LogP contribution in [0.25, 0.3) is 0 Å². The van der Waals surface area contributed by atoms with Gasteiger partial charge in [0.05, 0.1) is 29.6 Å². The van der Waals surface area contributed by atoms with E-state index in [2.05, 4.69) is 39.5 Å². The van der Waals surface area contributed by atoms with E-state index in [1.165, 1.54) is 21.9 Å². The molecule has 1 atom stereocenters. The van der Waals surface area contributed by atoms with E-state index in [-0.39, 0.29) is 24.3 Å². The van der Waals surface area contributed by atoms with Crippen LogP contribution in [0.1, 0.15) is 29.7 Å². The molecule has 0 bridgehead atoms. The first-order valence-electron chi connectivity index (χ1n) is 9.06. The number of nitro groups is 1. The van der Waals surface area contributed by atoms with Crippen molar-refractivity contribution in [1.82, 2.24) is 15.1 Å². The Balaban J connectivity index is 1.46. The summed E-state index contributed by atoms with van der Waals surface area (Å²) >= 11 is 0. The molecule has 3 rings (SSSR count). The highest BCUT2D eigenvalue weighted by Crippen LogP contribution is 2.14. The molecule has 0 fully saturated rings. The molecule has 1 aliphatic heterocycles. The Morgan fingerprint density at radius 2 is 2.11 bits per heavy atom. The van der Waals surface area contributed by atoms with Gasteiger partial charge >= 0.3 is 5.82 Å². The monoisotopic (exact) mass is 382 g/mol. The molecule has 1 aliphatic rings. The maximum absolute atomic E-state index is 12.1. The Labute approximate surface area is 162 Å². The maximum Gasteiger partial charge on any atom is 0.390 e. The van der Waals surface area contributed by atoms with Crippen LogP contribution in [-0.4, -0.2) is 38.8 Å². The highest BCUT2D eigenvalue weighted by Gasteiger charge is 2.17. The van der Waals surface area contributed by atoms with Crippen molar-refractivity contribution in [2.75, 3.05) is 0 Å². The number of amidine groups is 1. The van der Waals surface area contributed by atoms with Gasteiger partial charge in [0.2, 0.25) is 5.91 Å². The second-order valence-electron chi connectivity index (χ2n) is 6.68. The van der Waals surface area contributed by atoms with Crippen molar-refractivity contribution in [3.63, 3.8) is 0 Å². The summed E-state index contributed by atoms with van der Waals surface area (Å²) in [4.78, 5) is 31.1. The number of aromatic nitrogens is 2. The van der Waals surface area contributed by atoms with Crippen LogP contribution in [0.2, 0.25) is 0 Å². The van der Waals surface area contributed by atoms with Crippen LogP contribution in [0.5, 0.6) is 0 Å². The summed E-state index contributed by atoms with van der Waals surface area (Å²) in [5.74, 6) is 0.119. The summed E-state index contributed by atoms with van der Waals surface area (Å²) in [5, 5.41) is 17.4. The minimum absolute atomic E-state index is 0.166. The number of hydrogen-bond donors (Lipinski definition) is 1. The lowest BCUT2D eigenvalue weighted by molar-refractivity contribution is -0.389. The van der Waals surface area contributed by atoms with Crippen molar-refractivity contribution in [3.05, 3.63) is 57.3 Å². The van der Waals surface area contributed by atoms with Crippen molar-refractivity contribution >= 4 is 23.8 Å². The lowest BCUT2D eigenvalue weighted by atomic mass is 10.1. The average Bonchev–Trinajstić information content (AvgIpc) is 3.24. The number of carbonyl (C=O) groups excluding carboxylic acids is 1. The Bertz CT molecular complexity index is 947. The third kappa shape index (κ3) is 4.87. The zero-order chi connectivity index (χ0) is 20.1. The molecule has 0 radical (unpaired) electrons. The highest BCUT2D eigenvalue weighted by atomic mass is 16.6. The molecule has 1 N–H and O–H groups in total. The predicted octanol–water partition coefficient (Wildman–Crippen LogP) is 2.36. The number of nitrogens with zero attached hydrogens (tertiary/aromatic N) is 5. The minimum Gasteiger partial charge on any atom is -0.358 e. The van der Waals surface area contributed by atoms with Crippen LogP contribution in [0.15, 0.2) is 40.3 Å². The molecule has 146 valence electrons. The zero-order valence-corrected chi connectivity index (χ0v) is 15.8. The van der Waals surface area contributed by atoms with Crippen molar-refractivity contribution < 1.29 is 9.72 Å². The van der Waals surface area contributed by atoms with E-state index >= 15 is 0 Å². The van der Waals surface area contributed by atoms with E-state index in [0.29, 0.717) is 30.9 Å². The van der Waals surface area contributed by atoms with E-state index in [0.717, 1.165) is 0 Å². The van der Waals surface area contributed by atoms with Crippen molar-refractivity contribution in [3.8, 4) is 0 Å². The van der Waals surface area contributed by atoms with E-state index in [1.807, 2.05) is 12.1 Å². The number of nitrogens with one attached hydrogen (secondary N) is 1. The molecule has 0 spiro atoms. The highest BCUT2D eigenvalue weighted by molar-refractivity contribution is 6.33. The molecule has 1 amide bonds. The number of hydrogen-bond acceptors (Lipinski definition) is 6. The van der Waals surface area contributed by atoms with Crippen LogP contribution in [0.4, 0.5) is 5.82 Å². The number of benzene rings is 1. The summed E-state index contributed by atoms with van der Waals surface area (Å²) in [5.41, 5.74) is 3.07. The number of carbonyl (C=O) groups is 1. The van der Waals surface area contributed by atoms with Gasteiger partial charge < -0.3 is 15.4 Å². The van der Waals surface area contributed by atoms with Gasteiger partial charge in [0.1, 0.15) is 12.0 Å². The van der Waals surface area contributed by atoms with Crippen molar-refractivity contribution in [2.45, 2.75) is 45.8 Å². The number of aliphatic imine (C=N–C) groups is 2. The second kappa shape index (κ2) is 8.55. The summed E-state index contributed by atoms with van der Waals surface area (Å²) in [6.07, 6.45) is 2.84. The number of rotatable bonds is 7. The molecule has 1 aromatic heterocycles. The smallest absolute Gasteiger partial charge is 0.358 e. The summed E-state index contributed by atoms with van der Waals surface area (Å²) in [7, 11) is 0. The molecule has 1 aromatic carbocycles. The summed E-state index contributed by atoms with van der Waals surface area (Å²) in [6.45, 7) is 4.23. The Kier molecular flexibility index (Phi) is 5.93. The second-order valence-corrected chi connectivity index (χ2v) is 6.68. The van der Waals surface area contributed by atoms with Gasteiger partial charge in [-0.15, -0.1) is 0 Å². The van der Waals surface area contributed by atoms with E-state index in [1.54, 1.807) is 13.1 Å². The van der Waals surface area contributed by atoms with Crippen molar-refractivity contribution in [1.29, 1.82) is 0 Å². The summed E-state index contributed by atoms with van der Waals surface area (Å²) in [6, 6.07) is 9.51.